The Hall–Kier alpha value is -3.55. The first-order valence-electron chi connectivity index (χ1n) is 8.66. The molecule has 0 aliphatic heterocycles. The molecule has 29 heavy (non-hydrogen) atoms. The number of ether oxygens (including phenoxy) is 1. The molecule has 0 amide bonds. The van der Waals surface area contributed by atoms with Crippen molar-refractivity contribution >= 4 is 11.4 Å². The molecule has 150 valence electrons. The van der Waals surface area contributed by atoms with Gasteiger partial charge in [0, 0.05) is 23.9 Å². The van der Waals surface area contributed by atoms with Crippen molar-refractivity contribution in [2.75, 3.05) is 5.32 Å². The van der Waals surface area contributed by atoms with E-state index in [9.17, 15) is 23.3 Å². The van der Waals surface area contributed by atoms with Crippen LogP contribution in [0.25, 0.3) is 0 Å². The molecule has 0 fully saturated rings. The second-order valence-corrected chi connectivity index (χ2v) is 6.37. The van der Waals surface area contributed by atoms with Crippen LogP contribution in [0.2, 0.25) is 0 Å². The number of alkyl halides is 3. The molecule has 0 radical (unpaired) electrons. The fraction of sp³-hybridized carbons (Fsp3) is 0.143. The van der Waals surface area contributed by atoms with E-state index in [4.69, 9.17) is 4.74 Å². The van der Waals surface area contributed by atoms with Crippen LogP contribution >= 0.6 is 0 Å². The third-order valence-corrected chi connectivity index (χ3v) is 4.21. The highest BCUT2D eigenvalue weighted by atomic mass is 19.4. The predicted molar refractivity (Wildman–Crippen MR) is 103 cm³/mol. The van der Waals surface area contributed by atoms with Crippen LogP contribution in [-0.2, 0) is 12.7 Å². The molecular formula is C21H17F3N2O3. The lowest BCUT2D eigenvalue weighted by atomic mass is 10.1. The summed E-state index contributed by atoms with van der Waals surface area (Å²) in [7, 11) is 0. The highest BCUT2D eigenvalue weighted by molar-refractivity contribution is 5.53. The summed E-state index contributed by atoms with van der Waals surface area (Å²) < 4.78 is 44.2. The van der Waals surface area contributed by atoms with Gasteiger partial charge in [0.1, 0.15) is 5.75 Å². The average Bonchev–Trinajstić information content (AvgIpc) is 2.68. The Morgan fingerprint density at radius 3 is 2.34 bits per heavy atom. The zero-order valence-electron chi connectivity index (χ0n) is 15.4. The predicted octanol–water partition coefficient (Wildman–Crippen LogP) is 6.33. The van der Waals surface area contributed by atoms with E-state index >= 15 is 0 Å². The second kappa shape index (κ2) is 8.22. The lowest BCUT2D eigenvalue weighted by Gasteiger charge is -2.14. The van der Waals surface area contributed by atoms with Crippen LogP contribution in [-0.4, -0.2) is 4.92 Å². The van der Waals surface area contributed by atoms with Crippen molar-refractivity contribution in [3.05, 3.63) is 93.5 Å². The maximum atomic E-state index is 12.9. The molecule has 5 nitrogen and oxygen atoms in total. The Kier molecular flexibility index (Phi) is 5.72. The van der Waals surface area contributed by atoms with Crippen LogP contribution in [0, 0.1) is 17.0 Å². The molecule has 0 aromatic heterocycles. The highest BCUT2D eigenvalue weighted by Gasteiger charge is 2.33. The number of nitro benzene ring substituents is 1. The third kappa shape index (κ3) is 5.04. The summed E-state index contributed by atoms with van der Waals surface area (Å²) in [4.78, 5) is 10.4. The van der Waals surface area contributed by atoms with Crippen LogP contribution in [0.1, 0.15) is 16.7 Å². The number of nitro groups is 1. The smallest absolute Gasteiger partial charge is 0.416 e. The molecule has 3 rings (SSSR count). The number of hydrogen-bond acceptors (Lipinski definition) is 4. The number of benzene rings is 3. The monoisotopic (exact) mass is 402 g/mol. The maximum absolute atomic E-state index is 12.9. The van der Waals surface area contributed by atoms with Gasteiger partial charge >= 0.3 is 11.9 Å². The van der Waals surface area contributed by atoms with Crippen molar-refractivity contribution in [1.82, 2.24) is 0 Å². The summed E-state index contributed by atoms with van der Waals surface area (Å²) in [6, 6.07) is 16.8. The van der Waals surface area contributed by atoms with E-state index in [1.54, 1.807) is 24.3 Å². The molecule has 1 N–H and O–H groups in total. The standard InChI is InChI=1S/C21H17F3N2O3/c1-14-6-9-17(10-7-14)25-13-15-4-2-3-5-19(15)29-20-11-8-16(21(22,23)24)12-18(20)26(27)28/h2-12,25H,13H2,1H3. The van der Waals surface area contributed by atoms with Gasteiger partial charge in [0.15, 0.2) is 0 Å². The Morgan fingerprint density at radius 1 is 1.00 bits per heavy atom. The number of hydrogen-bond donors (Lipinski definition) is 1. The van der Waals surface area contributed by atoms with Gasteiger partial charge in [-0.3, -0.25) is 10.1 Å². The number of para-hydroxylation sites is 1. The Balaban J connectivity index is 1.85. The minimum absolute atomic E-state index is 0.259. The lowest BCUT2D eigenvalue weighted by Crippen LogP contribution is -2.06. The summed E-state index contributed by atoms with van der Waals surface area (Å²) in [5.74, 6) is 0.0563. The Morgan fingerprint density at radius 2 is 1.69 bits per heavy atom. The number of halogens is 3. The van der Waals surface area contributed by atoms with Gasteiger partial charge in [0.2, 0.25) is 5.75 Å². The van der Waals surface area contributed by atoms with Gasteiger partial charge in [-0.15, -0.1) is 0 Å². The van der Waals surface area contributed by atoms with E-state index in [1.165, 1.54) is 0 Å². The van der Waals surface area contributed by atoms with Crippen molar-refractivity contribution in [1.29, 1.82) is 0 Å². The molecule has 0 spiro atoms. The summed E-state index contributed by atoms with van der Waals surface area (Å²) >= 11 is 0. The number of nitrogens with zero attached hydrogens (tertiary/aromatic N) is 1. The molecule has 3 aromatic carbocycles. The Labute approximate surface area is 164 Å². The Bertz CT molecular complexity index is 1020. The second-order valence-electron chi connectivity index (χ2n) is 6.37. The zero-order valence-corrected chi connectivity index (χ0v) is 15.4. The topological polar surface area (TPSA) is 64.4 Å². The maximum Gasteiger partial charge on any atom is 0.416 e. The van der Waals surface area contributed by atoms with Crippen molar-refractivity contribution in [3.63, 3.8) is 0 Å². The molecule has 0 atom stereocenters. The minimum Gasteiger partial charge on any atom is -0.450 e. The van der Waals surface area contributed by atoms with Gasteiger partial charge in [-0.25, -0.2) is 0 Å². The molecular weight excluding hydrogens is 385 g/mol. The number of anilines is 1. The summed E-state index contributed by atoms with van der Waals surface area (Å²) in [5, 5.41) is 14.5. The first-order valence-corrected chi connectivity index (χ1v) is 8.66. The first-order chi connectivity index (χ1) is 13.7. The van der Waals surface area contributed by atoms with Crippen molar-refractivity contribution in [2.24, 2.45) is 0 Å². The largest absolute Gasteiger partial charge is 0.450 e. The van der Waals surface area contributed by atoms with E-state index in [0.29, 0.717) is 23.9 Å². The molecule has 0 saturated heterocycles. The number of nitrogens with one attached hydrogen (secondary N) is 1. The first kappa shape index (κ1) is 20.2. The van der Waals surface area contributed by atoms with Crippen LogP contribution in [0.15, 0.2) is 66.7 Å². The molecule has 0 heterocycles. The van der Waals surface area contributed by atoms with Gasteiger partial charge in [-0.1, -0.05) is 35.9 Å². The van der Waals surface area contributed by atoms with Crippen LogP contribution in [0.4, 0.5) is 24.5 Å². The summed E-state index contributed by atoms with van der Waals surface area (Å²) in [5.41, 5.74) is 0.842. The SMILES string of the molecule is Cc1ccc(NCc2ccccc2Oc2ccc(C(F)(F)F)cc2[N+](=O)[O-])cc1. The van der Waals surface area contributed by atoms with Gasteiger partial charge in [0.05, 0.1) is 10.5 Å². The molecule has 0 aliphatic rings. The fourth-order valence-electron chi connectivity index (χ4n) is 2.66. The zero-order chi connectivity index (χ0) is 21.0. The van der Waals surface area contributed by atoms with Gasteiger partial charge < -0.3 is 10.1 Å². The summed E-state index contributed by atoms with van der Waals surface area (Å²) in [6.45, 7) is 2.34. The quantitative estimate of drug-likeness (QED) is 0.387. The van der Waals surface area contributed by atoms with Crippen molar-refractivity contribution in [3.8, 4) is 11.5 Å². The molecule has 3 aromatic rings. The summed E-state index contributed by atoms with van der Waals surface area (Å²) in [6.07, 6.45) is -4.68. The van der Waals surface area contributed by atoms with Gasteiger partial charge in [-0.05, 0) is 37.3 Å². The normalized spacial score (nSPS) is 11.2. The number of rotatable bonds is 6. The lowest BCUT2D eigenvalue weighted by molar-refractivity contribution is -0.385. The van der Waals surface area contributed by atoms with E-state index < -0.39 is 22.4 Å². The van der Waals surface area contributed by atoms with E-state index in [0.717, 1.165) is 23.4 Å². The third-order valence-electron chi connectivity index (χ3n) is 4.21. The van der Waals surface area contributed by atoms with E-state index in [2.05, 4.69) is 5.32 Å². The molecule has 0 saturated carbocycles. The van der Waals surface area contributed by atoms with Crippen molar-refractivity contribution in [2.45, 2.75) is 19.6 Å². The molecule has 0 unspecified atom stereocenters. The van der Waals surface area contributed by atoms with E-state index in [1.807, 2.05) is 31.2 Å². The van der Waals surface area contributed by atoms with Gasteiger partial charge in [-0.2, -0.15) is 13.2 Å². The molecule has 8 heteroatoms. The van der Waals surface area contributed by atoms with Crippen molar-refractivity contribution < 1.29 is 22.8 Å². The average molecular weight is 402 g/mol. The van der Waals surface area contributed by atoms with Crippen LogP contribution in [0.5, 0.6) is 11.5 Å². The molecule has 0 aliphatic carbocycles. The van der Waals surface area contributed by atoms with Crippen LogP contribution in [0.3, 0.4) is 0 Å². The molecule has 0 bridgehead atoms. The van der Waals surface area contributed by atoms with Crippen LogP contribution < -0.4 is 10.1 Å². The highest BCUT2D eigenvalue weighted by Crippen LogP contribution is 2.38. The minimum atomic E-state index is -4.68. The number of aryl methyl sites for hydroxylation is 1. The van der Waals surface area contributed by atoms with Gasteiger partial charge in [0.25, 0.3) is 0 Å². The fourth-order valence-corrected chi connectivity index (χ4v) is 2.66. The van der Waals surface area contributed by atoms with E-state index in [-0.39, 0.29) is 5.75 Å².